The topological polar surface area (TPSA) is 70.0 Å². The Labute approximate surface area is 180 Å². The molecule has 1 amide bonds. The highest BCUT2D eigenvalue weighted by molar-refractivity contribution is 8.15. The average molecular weight is 449 g/mol. The number of aliphatic imine (C=N–C) groups is 1. The maximum Gasteiger partial charge on any atom is 0.335 e. The van der Waals surface area contributed by atoms with Crippen molar-refractivity contribution in [2.75, 3.05) is 6.54 Å². The number of amides is 1. The summed E-state index contributed by atoms with van der Waals surface area (Å²) in [6.45, 7) is 3.99. The van der Waals surface area contributed by atoms with E-state index in [-0.39, 0.29) is 11.5 Å². The number of benzene rings is 2. The van der Waals surface area contributed by atoms with Crippen molar-refractivity contribution in [3.8, 4) is 0 Å². The second-order valence-electron chi connectivity index (χ2n) is 6.32. The van der Waals surface area contributed by atoms with Gasteiger partial charge >= 0.3 is 5.97 Å². The summed E-state index contributed by atoms with van der Waals surface area (Å²) < 4.78 is 24.9. The molecular weight excluding hydrogens is 430 g/mol. The molecule has 1 heterocycles. The molecule has 2 aromatic rings. The maximum atomic E-state index is 12.9. The third-order valence-electron chi connectivity index (χ3n) is 4.24. The van der Waals surface area contributed by atoms with Crippen LogP contribution in [-0.2, 0) is 11.2 Å². The van der Waals surface area contributed by atoms with Crippen molar-refractivity contribution in [2.45, 2.75) is 22.3 Å². The summed E-state index contributed by atoms with van der Waals surface area (Å²) in [7, 11) is 0. The molecule has 156 valence electrons. The smallest absolute Gasteiger partial charge is 0.335 e. The van der Waals surface area contributed by atoms with E-state index >= 15 is 0 Å². The van der Waals surface area contributed by atoms with E-state index in [0.717, 1.165) is 5.56 Å². The van der Waals surface area contributed by atoms with Gasteiger partial charge in [-0.3, -0.25) is 9.69 Å². The number of aromatic carboxylic acids is 1. The first-order chi connectivity index (χ1) is 14.4. The minimum Gasteiger partial charge on any atom is -0.478 e. The summed E-state index contributed by atoms with van der Waals surface area (Å²) in [6, 6.07) is 12.8. The molecule has 0 aliphatic carbocycles. The van der Waals surface area contributed by atoms with Crippen LogP contribution in [-0.4, -0.2) is 44.6 Å². The summed E-state index contributed by atoms with van der Waals surface area (Å²) in [5.41, 5.74) is 1.56. The van der Waals surface area contributed by atoms with Gasteiger partial charge in [0, 0.05) is 11.4 Å². The molecule has 1 saturated heterocycles. The molecule has 30 heavy (non-hydrogen) atoms. The van der Waals surface area contributed by atoms with E-state index in [1.54, 1.807) is 42.5 Å². The lowest BCUT2D eigenvalue weighted by molar-refractivity contribution is -0.125. The first kappa shape index (κ1) is 22.0. The molecule has 1 aliphatic heterocycles. The molecule has 5 nitrogen and oxygen atoms in total. The molecule has 0 saturated carbocycles. The standard InChI is InChI=1S/C21H18F2N2O3S2/c1-2-11-25-18(26)17(12-13-3-9-16(10-4-13)29-20(22)23)30-21(25)24-15-7-5-14(6-8-15)19(27)28/h2-10,17,20H,1,11-12H2,(H,27,28). The van der Waals surface area contributed by atoms with Crippen molar-refractivity contribution < 1.29 is 23.5 Å². The van der Waals surface area contributed by atoms with Crippen LogP contribution in [0.1, 0.15) is 15.9 Å². The minimum absolute atomic E-state index is 0.105. The van der Waals surface area contributed by atoms with Crippen LogP contribution < -0.4 is 0 Å². The van der Waals surface area contributed by atoms with Gasteiger partial charge in [0.25, 0.3) is 5.76 Å². The Morgan fingerprint density at radius 3 is 2.47 bits per heavy atom. The Bertz CT molecular complexity index is 963. The van der Waals surface area contributed by atoms with Crippen molar-refractivity contribution in [2.24, 2.45) is 4.99 Å². The van der Waals surface area contributed by atoms with Gasteiger partial charge in [-0.15, -0.1) is 6.58 Å². The van der Waals surface area contributed by atoms with Gasteiger partial charge in [-0.05, 0) is 48.4 Å². The number of carbonyl (C=O) groups is 2. The highest BCUT2D eigenvalue weighted by atomic mass is 32.2. The Morgan fingerprint density at radius 1 is 1.23 bits per heavy atom. The molecule has 1 unspecified atom stereocenters. The number of halogens is 2. The number of carboxylic acid groups (broad SMARTS) is 1. The van der Waals surface area contributed by atoms with Crippen LogP contribution in [0.2, 0.25) is 0 Å². The molecule has 1 N–H and O–H groups in total. The van der Waals surface area contributed by atoms with E-state index in [9.17, 15) is 18.4 Å². The summed E-state index contributed by atoms with van der Waals surface area (Å²) in [4.78, 5) is 30.3. The second-order valence-corrected chi connectivity index (χ2v) is 8.55. The van der Waals surface area contributed by atoms with Gasteiger partial charge in [0.2, 0.25) is 5.91 Å². The fraction of sp³-hybridized carbons (Fsp3) is 0.190. The van der Waals surface area contributed by atoms with E-state index in [0.29, 0.717) is 40.5 Å². The fourth-order valence-corrected chi connectivity index (χ4v) is 4.54. The normalized spacial score (nSPS) is 17.7. The van der Waals surface area contributed by atoms with Gasteiger partial charge < -0.3 is 5.11 Å². The van der Waals surface area contributed by atoms with Gasteiger partial charge in [-0.1, -0.05) is 41.7 Å². The minimum atomic E-state index is -2.47. The quantitative estimate of drug-likeness (QED) is 0.452. The van der Waals surface area contributed by atoms with E-state index in [2.05, 4.69) is 11.6 Å². The number of rotatable bonds is 8. The number of amidine groups is 1. The number of nitrogens with zero attached hydrogens (tertiary/aromatic N) is 2. The fourth-order valence-electron chi connectivity index (χ4n) is 2.83. The maximum absolute atomic E-state index is 12.9. The molecule has 1 aliphatic rings. The van der Waals surface area contributed by atoms with Crippen molar-refractivity contribution in [1.29, 1.82) is 0 Å². The molecule has 0 spiro atoms. The molecule has 0 aromatic heterocycles. The first-order valence-electron chi connectivity index (χ1n) is 8.92. The number of thioether (sulfide) groups is 2. The average Bonchev–Trinajstić information content (AvgIpc) is 2.98. The van der Waals surface area contributed by atoms with Crippen LogP contribution in [0.15, 0.2) is 71.1 Å². The zero-order chi connectivity index (χ0) is 21.7. The summed E-state index contributed by atoms with van der Waals surface area (Å²) in [5, 5.41) is 9.12. The molecule has 1 fully saturated rings. The van der Waals surface area contributed by atoms with Gasteiger partial charge in [-0.2, -0.15) is 8.78 Å². The van der Waals surface area contributed by atoms with E-state index < -0.39 is 17.0 Å². The van der Waals surface area contributed by atoms with Crippen molar-refractivity contribution in [3.63, 3.8) is 0 Å². The lowest BCUT2D eigenvalue weighted by Crippen LogP contribution is -2.32. The van der Waals surface area contributed by atoms with Crippen LogP contribution in [0.3, 0.4) is 0 Å². The third kappa shape index (κ3) is 5.48. The van der Waals surface area contributed by atoms with Crippen LogP contribution in [0, 0.1) is 0 Å². The van der Waals surface area contributed by atoms with E-state index in [4.69, 9.17) is 5.11 Å². The SMILES string of the molecule is C=CCN1C(=O)C(Cc2ccc(SC(F)F)cc2)SC1=Nc1ccc(C(=O)O)cc1. The molecule has 2 aromatic carbocycles. The Morgan fingerprint density at radius 2 is 1.90 bits per heavy atom. The van der Waals surface area contributed by atoms with Crippen LogP contribution in [0.25, 0.3) is 0 Å². The number of alkyl halides is 2. The van der Waals surface area contributed by atoms with Crippen molar-refractivity contribution in [3.05, 3.63) is 72.3 Å². The summed E-state index contributed by atoms with van der Waals surface area (Å²) in [6.07, 6.45) is 2.05. The highest BCUT2D eigenvalue weighted by Crippen LogP contribution is 2.32. The highest BCUT2D eigenvalue weighted by Gasteiger charge is 2.37. The van der Waals surface area contributed by atoms with Crippen molar-refractivity contribution in [1.82, 2.24) is 4.90 Å². The Hall–Kier alpha value is -2.65. The van der Waals surface area contributed by atoms with Crippen molar-refractivity contribution >= 4 is 46.3 Å². The monoisotopic (exact) mass is 448 g/mol. The van der Waals surface area contributed by atoms with E-state index in [1.165, 1.54) is 28.8 Å². The lowest BCUT2D eigenvalue weighted by atomic mass is 10.1. The Balaban J connectivity index is 1.76. The largest absolute Gasteiger partial charge is 0.478 e. The van der Waals surface area contributed by atoms with Crippen LogP contribution in [0.4, 0.5) is 14.5 Å². The second kappa shape index (κ2) is 9.90. The number of hydrogen-bond acceptors (Lipinski definition) is 5. The van der Waals surface area contributed by atoms with Crippen LogP contribution >= 0.6 is 23.5 Å². The summed E-state index contributed by atoms with van der Waals surface area (Å²) in [5.74, 6) is -3.60. The lowest BCUT2D eigenvalue weighted by Gasteiger charge is -2.14. The predicted octanol–water partition coefficient (Wildman–Crippen LogP) is 5.06. The first-order valence-corrected chi connectivity index (χ1v) is 10.7. The molecule has 9 heteroatoms. The Kier molecular flexibility index (Phi) is 7.28. The van der Waals surface area contributed by atoms with E-state index in [1.807, 2.05) is 0 Å². The zero-order valence-electron chi connectivity index (χ0n) is 15.7. The molecule has 0 radical (unpaired) electrons. The van der Waals surface area contributed by atoms with Gasteiger partial charge in [0.15, 0.2) is 5.17 Å². The number of hydrogen-bond donors (Lipinski definition) is 1. The molecule has 0 bridgehead atoms. The molecule has 3 rings (SSSR count). The number of carboxylic acids is 1. The third-order valence-corrected chi connectivity index (χ3v) is 6.14. The van der Waals surface area contributed by atoms with Gasteiger partial charge in [-0.25, -0.2) is 9.79 Å². The molecular formula is C21H18F2N2O3S2. The summed E-state index contributed by atoms with van der Waals surface area (Å²) >= 11 is 1.80. The molecule has 1 atom stereocenters. The van der Waals surface area contributed by atoms with Gasteiger partial charge in [0.05, 0.1) is 16.5 Å². The van der Waals surface area contributed by atoms with Crippen LogP contribution in [0.5, 0.6) is 0 Å². The zero-order valence-corrected chi connectivity index (χ0v) is 17.3. The predicted molar refractivity (Wildman–Crippen MR) is 116 cm³/mol. The number of carbonyl (C=O) groups excluding carboxylic acids is 1. The van der Waals surface area contributed by atoms with Gasteiger partial charge in [0.1, 0.15) is 0 Å².